The number of ether oxygens (including phenoxy) is 8. The van der Waals surface area contributed by atoms with Gasteiger partial charge in [0.2, 0.25) is 0 Å². The Morgan fingerprint density at radius 1 is 0.706 bits per heavy atom. The molecule has 0 aromatic heterocycles. The zero-order chi connectivity index (χ0) is 36.3. The summed E-state index contributed by atoms with van der Waals surface area (Å²) >= 11 is 0. The van der Waals surface area contributed by atoms with Crippen LogP contribution in [0.2, 0.25) is 0 Å². The number of hydrogen-bond acceptors (Lipinski definition) is 9. The standard InChI is InChI=1S/C42H72O9/c1-6-9-12-13-14-15-16-17-18-19-20-24-27-34-36(51-42(4,5)50-34)33(43)30-46-41-39(45-29-11-8-3)38(44-28-10-7-2)37-35(48-41)31-47-40(49-37)32-25-22-21-23-26-32/h21-23,25-26,33-41,43H,6-20,24,27-31H2,1-5H3/t33-,34+,35?,36-,37?,38?,39?,40?,41?/m0/s1. The Morgan fingerprint density at radius 2 is 1.29 bits per heavy atom. The van der Waals surface area contributed by atoms with Crippen molar-refractivity contribution in [2.75, 3.05) is 26.4 Å². The van der Waals surface area contributed by atoms with E-state index in [1.165, 1.54) is 70.6 Å². The summed E-state index contributed by atoms with van der Waals surface area (Å²) in [7, 11) is 0. The second-order valence-corrected chi connectivity index (χ2v) is 15.3. The lowest BCUT2D eigenvalue weighted by molar-refractivity contribution is -0.372. The van der Waals surface area contributed by atoms with E-state index in [9.17, 15) is 5.11 Å². The summed E-state index contributed by atoms with van der Waals surface area (Å²) < 4.78 is 51.2. The van der Waals surface area contributed by atoms with Gasteiger partial charge in [0, 0.05) is 18.8 Å². The first-order valence-corrected chi connectivity index (χ1v) is 20.7. The van der Waals surface area contributed by atoms with Gasteiger partial charge in [0.15, 0.2) is 18.4 Å². The van der Waals surface area contributed by atoms with Gasteiger partial charge in [0.05, 0.1) is 19.3 Å². The summed E-state index contributed by atoms with van der Waals surface area (Å²) in [5.74, 6) is -0.766. The van der Waals surface area contributed by atoms with E-state index in [4.69, 9.17) is 37.9 Å². The zero-order valence-corrected chi connectivity index (χ0v) is 32.6. The summed E-state index contributed by atoms with van der Waals surface area (Å²) in [6.07, 6.45) is 15.7. The number of aliphatic hydroxyl groups excluding tert-OH is 1. The molecule has 0 saturated carbocycles. The molecule has 9 nitrogen and oxygen atoms in total. The Hall–Kier alpha value is -1.14. The molecule has 0 aliphatic carbocycles. The molecule has 3 fully saturated rings. The molecule has 1 aromatic rings. The summed E-state index contributed by atoms with van der Waals surface area (Å²) in [4.78, 5) is 0. The average molecular weight is 721 g/mol. The second kappa shape index (κ2) is 23.6. The highest BCUT2D eigenvalue weighted by Crippen LogP contribution is 2.38. The van der Waals surface area contributed by atoms with E-state index in [1.54, 1.807) is 0 Å². The van der Waals surface area contributed by atoms with Crippen LogP contribution in [0.15, 0.2) is 30.3 Å². The third kappa shape index (κ3) is 14.2. The van der Waals surface area contributed by atoms with Crippen LogP contribution < -0.4 is 0 Å². The van der Waals surface area contributed by atoms with Crippen molar-refractivity contribution in [1.29, 1.82) is 0 Å². The molecule has 3 aliphatic rings. The molecule has 0 amide bonds. The van der Waals surface area contributed by atoms with Gasteiger partial charge in [-0.05, 0) is 33.1 Å². The van der Waals surface area contributed by atoms with Crippen LogP contribution in [0.3, 0.4) is 0 Å². The molecule has 9 atom stereocenters. The lowest BCUT2D eigenvalue weighted by Gasteiger charge is -2.49. The molecule has 1 aromatic carbocycles. The van der Waals surface area contributed by atoms with E-state index in [2.05, 4.69) is 20.8 Å². The van der Waals surface area contributed by atoms with E-state index in [0.29, 0.717) is 19.8 Å². The Bertz CT molecular complexity index is 1020. The summed E-state index contributed by atoms with van der Waals surface area (Å²) in [5, 5.41) is 11.5. The average Bonchev–Trinajstić information content (AvgIpc) is 3.45. The Labute approximate surface area is 309 Å². The molecule has 0 spiro atoms. The Morgan fingerprint density at radius 3 is 1.92 bits per heavy atom. The van der Waals surface area contributed by atoms with Crippen LogP contribution in [-0.2, 0) is 37.9 Å². The smallest absolute Gasteiger partial charge is 0.187 e. The van der Waals surface area contributed by atoms with Gasteiger partial charge in [0.25, 0.3) is 0 Å². The maximum Gasteiger partial charge on any atom is 0.187 e. The minimum absolute atomic E-state index is 0.0186. The highest BCUT2D eigenvalue weighted by molar-refractivity contribution is 5.16. The molecule has 51 heavy (non-hydrogen) atoms. The van der Waals surface area contributed by atoms with Gasteiger partial charge in [-0.2, -0.15) is 0 Å². The third-order valence-electron chi connectivity index (χ3n) is 10.3. The fraction of sp³-hybridized carbons (Fsp3) is 0.857. The highest BCUT2D eigenvalue weighted by Gasteiger charge is 2.52. The predicted molar refractivity (Wildman–Crippen MR) is 199 cm³/mol. The molecule has 0 bridgehead atoms. The summed E-state index contributed by atoms with van der Waals surface area (Å²) in [6, 6.07) is 9.96. The molecule has 9 heteroatoms. The molecule has 4 rings (SSSR count). The zero-order valence-electron chi connectivity index (χ0n) is 32.6. The van der Waals surface area contributed by atoms with Crippen molar-refractivity contribution in [3.05, 3.63) is 35.9 Å². The number of unbranched alkanes of at least 4 members (excludes halogenated alkanes) is 13. The summed E-state index contributed by atoms with van der Waals surface area (Å²) in [6.45, 7) is 11.9. The monoisotopic (exact) mass is 721 g/mol. The first-order valence-electron chi connectivity index (χ1n) is 20.7. The molecule has 3 aliphatic heterocycles. The predicted octanol–water partition coefficient (Wildman–Crippen LogP) is 9.18. The molecule has 3 saturated heterocycles. The van der Waals surface area contributed by atoms with Gasteiger partial charge in [-0.3, -0.25) is 0 Å². The van der Waals surface area contributed by atoms with Crippen LogP contribution in [-0.4, -0.2) is 86.3 Å². The van der Waals surface area contributed by atoms with Crippen LogP contribution >= 0.6 is 0 Å². The number of fused-ring (bicyclic) bond motifs is 1. The number of benzene rings is 1. The molecule has 0 radical (unpaired) electrons. The second-order valence-electron chi connectivity index (χ2n) is 15.3. The van der Waals surface area contributed by atoms with Crippen LogP contribution in [0.4, 0.5) is 0 Å². The summed E-state index contributed by atoms with van der Waals surface area (Å²) in [5.41, 5.74) is 0.952. The fourth-order valence-corrected chi connectivity index (χ4v) is 7.44. The van der Waals surface area contributed by atoms with Crippen molar-refractivity contribution in [1.82, 2.24) is 0 Å². The first-order chi connectivity index (χ1) is 24.9. The van der Waals surface area contributed by atoms with E-state index in [-0.39, 0.29) is 12.7 Å². The fourth-order valence-electron chi connectivity index (χ4n) is 7.44. The topological polar surface area (TPSA) is 94.1 Å². The van der Waals surface area contributed by atoms with Crippen LogP contribution in [0, 0.1) is 0 Å². The van der Waals surface area contributed by atoms with Crippen molar-refractivity contribution < 1.29 is 43.0 Å². The minimum atomic E-state index is -0.896. The minimum Gasteiger partial charge on any atom is -0.388 e. The molecule has 1 N–H and O–H groups in total. The van der Waals surface area contributed by atoms with Gasteiger partial charge in [-0.1, -0.05) is 141 Å². The lowest BCUT2D eigenvalue weighted by Crippen LogP contribution is -2.64. The lowest BCUT2D eigenvalue weighted by atomic mass is 9.97. The van der Waals surface area contributed by atoms with Gasteiger partial charge < -0.3 is 43.0 Å². The van der Waals surface area contributed by atoms with Crippen LogP contribution in [0.5, 0.6) is 0 Å². The molecular formula is C42H72O9. The van der Waals surface area contributed by atoms with E-state index in [0.717, 1.165) is 44.1 Å². The largest absolute Gasteiger partial charge is 0.388 e. The molecular weight excluding hydrogens is 648 g/mol. The van der Waals surface area contributed by atoms with Crippen LogP contribution in [0.25, 0.3) is 0 Å². The maximum atomic E-state index is 11.5. The molecule has 294 valence electrons. The number of rotatable bonds is 26. The van der Waals surface area contributed by atoms with Gasteiger partial charge in [-0.15, -0.1) is 0 Å². The van der Waals surface area contributed by atoms with Crippen molar-refractivity contribution in [3.63, 3.8) is 0 Å². The molecule has 6 unspecified atom stereocenters. The van der Waals surface area contributed by atoms with Gasteiger partial charge in [-0.25, -0.2) is 0 Å². The quantitative estimate of drug-likeness (QED) is 0.0941. The SMILES string of the molecule is CCCCCCCCCCCCCC[C@H]1OC(C)(C)O[C@H]1[C@@H](O)COC1OC2COC(c3ccccc3)OC2C(OCCCC)C1OCCCC. The van der Waals surface area contributed by atoms with E-state index in [1.807, 2.05) is 44.2 Å². The van der Waals surface area contributed by atoms with Crippen LogP contribution in [0.1, 0.15) is 156 Å². The Kier molecular flexibility index (Phi) is 19.7. The van der Waals surface area contributed by atoms with Crippen molar-refractivity contribution in [2.45, 2.75) is 205 Å². The van der Waals surface area contributed by atoms with E-state index < -0.39 is 55.0 Å². The van der Waals surface area contributed by atoms with E-state index >= 15 is 0 Å². The van der Waals surface area contributed by atoms with Gasteiger partial charge >= 0.3 is 0 Å². The number of aliphatic hydroxyl groups is 1. The normalized spacial score (nSPS) is 29.6. The molecule has 3 heterocycles. The number of hydrogen-bond donors (Lipinski definition) is 1. The first kappa shape index (κ1) is 42.6. The van der Waals surface area contributed by atoms with Gasteiger partial charge in [0.1, 0.15) is 36.6 Å². The van der Waals surface area contributed by atoms with Crippen molar-refractivity contribution in [3.8, 4) is 0 Å². The third-order valence-corrected chi connectivity index (χ3v) is 10.3. The van der Waals surface area contributed by atoms with Crippen molar-refractivity contribution >= 4 is 0 Å². The van der Waals surface area contributed by atoms with Crippen molar-refractivity contribution in [2.24, 2.45) is 0 Å². The Balaban J connectivity index is 1.31. The maximum absolute atomic E-state index is 11.5. The highest BCUT2D eigenvalue weighted by atomic mass is 16.8.